The van der Waals surface area contributed by atoms with Crippen molar-refractivity contribution in [2.24, 2.45) is 0 Å². The fourth-order valence-corrected chi connectivity index (χ4v) is 4.19. The molecule has 0 spiro atoms. The number of hydrogen-bond acceptors (Lipinski definition) is 9. The van der Waals surface area contributed by atoms with E-state index in [2.05, 4.69) is 15.6 Å². The number of carbonyl (C=O) groups excluding carboxylic acids is 2. The molecule has 1 amide bonds. The maximum atomic E-state index is 12.9. The third-order valence-corrected chi connectivity index (χ3v) is 5.81. The first-order valence-corrected chi connectivity index (χ1v) is 12.5. The number of ether oxygens (including phenoxy) is 3. The monoisotopic (exact) mass is 513 g/mol. The summed E-state index contributed by atoms with van der Waals surface area (Å²) in [4.78, 5) is 31.7. The van der Waals surface area contributed by atoms with Crippen molar-refractivity contribution in [3.8, 4) is 5.75 Å². The van der Waals surface area contributed by atoms with Gasteiger partial charge in [0.05, 0.1) is 25.0 Å². The van der Waals surface area contributed by atoms with Crippen LogP contribution in [-0.4, -0.2) is 61.7 Å². The summed E-state index contributed by atoms with van der Waals surface area (Å²) < 4.78 is 15.9. The zero-order valence-corrected chi connectivity index (χ0v) is 22.2. The number of esters is 1. The number of benzene rings is 1. The van der Waals surface area contributed by atoms with Crippen molar-refractivity contribution in [1.82, 2.24) is 10.3 Å². The third kappa shape index (κ3) is 7.58. The molecular formula is C27H39N5O5. The molecular weight excluding hydrogens is 474 g/mol. The lowest BCUT2D eigenvalue weighted by molar-refractivity contribution is 0.0493. The number of pyridine rings is 1. The second-order valence-corrected chi connectivity index (χ2v) is 9.78. The first-order chi connectivity index (χ1) is 17.6. The molecule has 0 radical (unpaired) electrons. The van der Waals surface area contributed by atoms with Crippen molar-refractivity contribution < 1.29 is 25.2 Å². The van der Waals surface area contributed by atoms with E-state index in [4.69, 9.17) is 19.6 Å². The van der Waals surface area contributed by atoms with Crippen molar-refractivity contribution in [2.75, 3.05) is 37.0 Å². The first-order valence-electron chi connectivity index (χ1n) is 12.5. The molecule has 1 aliphatic heterocycles. The topological polar surface area (TPSA) is 126 Å². The summed E-state index contributed by atoms with van der Waals surface area (Å²) in [5.41, 5.74) is 1.74. The summed E-state index contributed by atoms with van der Waals surface area (Å²) in [5.74, 6) is 0.746. The van der Waals surface area contributed by atoms with E-state index in [1.54, 1.807) is 14.0 Å². The van der Waals surface area contributed by atoms with E-state index < -0.39 is 17.7 Å². The van der Waals surface area contributed by atoms with Gasteiger partial charge in [-0.05, 0) is 58.2 Å². The zero-order chi connectivity index (χ0) is 27.0. The Morgan fingerprint density at radius 3 is 2.62 bits per heavy atom. The van der Waals surface area contributed by atoms with Crippen LogP contribution in [0.4, 0.5) is 16.3 Å². The molecule has 1 fully saturated rings. The molecule has 2 heterocycles. The van der Waals surface area contributed by atoms with Gasteiger partial charge >= 0.3 is 12.1 Å². The van der Waals surface area contributed by atoms with Crippen LogP contribution in [0.5, 0.6) is 5.75 Å². The van der Waals surface area contributed by atoms with Crippen LogP contribution >= 0.6 is 0 Å². The van der Waals surface area contributed by atoms with Crippen molar-refractivity contribution >= 4 is 29.8 Å². The molecule has 202 valence electrons. The van der Waals surface area contributed by atoms with Gasteiger partial charge in [-0.1, -0.05) is 12.1 Å². The summed E-state index contributed by atoms with van der Waals surface area (Å²) >= 11 is 0. The largest absolute Gasteiger partial charge is 0.497 e. The quantitative estimate of drug-likeness (QED) is 0.328. The molecule has 0 aliphatic carbocycles. The number of hydrogen-bond donors (Lipinski definition) is 3. The number of alkyl carbamates (subject to hydrolysis) is 1. The molecule has 1 aromatic heterocycles. The van der Waals surface area contributed by atoms with E-state index in [0.29, 0.717) is 36.7 Å². The smallest absolute Gasteiger partial charge is 0.407 e. The number of aromatic nitrogens is 1. The van der Waals surface area contributed by atoms with E-state index >= 15 is 0 Å². The Hall–Kier alpha value is -3.82. The van der Waals surface area contributed by atoms with Crippen LogP contribution in [0, 0.1) is 5.41 Å². The molecule has 1 aliphatic rings. The predicted molar refractivity (Wildman–Crippen MR) is 145 cm³/mol. The number of nitrogens with zero attached hydrogens (tertiary/aromatic N) is 2. The second-order valence-electron chi connectivity index (χ2n) is 9.78. The van der Waals surface area contributed by atoms with Gasteiger partial charge in [-0.25, -0.2) is 14.6 Å². The highest BCUT2D eigenvalue weighted by Gasteiger charge is 2.29. The summed E-state index contributed by atoms with van der Waals surface area (Å²) in [5, 5.41) is 14.4. The van der Waals surface area contributed by atoms with E-state index in [0.717, 1.165) is 24.2 Å². The molecule has 37 heavy (non-hydrogen) atoms. The van der Waals surface area contributed by atoms with Gasteiger partial charge in [0.1, 0.15) is 22.7 Å². The Bertz CT molecular complexity index is 1100. The van der Waals surface area contributed by atoms with E-state index in [-0.39, 0.29) is 19.6 Å². The molecule has 10 nitrogen and oxygen atoms in total. The van der Waals surface area contributed by atoms with Crippen LogP contribution in [-0.2, 0) is 16.0 Å². The lowest BCUT2D eigenvalue weighted by atomic mass is 10.0. The number of amides is 1. The van der Waals surface area contributed by atoms with Crippen LogP contribution in [0.3, 0.4) is 0 Å². The van der Waals surface area contributed by atoms with Gasteiger partial charge < -0.3 is 35.2 Å². The van der Waals surface area contributed by atoms with Crippen molar-refractivity contribution in [3.05, 3.63) is 47.2 Å². The first kappa shape index (κ1) is 27.8. The summed E-state index contributed by atoms with van der Waals surface area (Å²) in [6.07, 6.45) is 3.78. The fraction of sp³-hybridized carbons (Fsp3) is 0.481. The van der Waals surface area contributed by atoms with Crippen LogP contribution in [0.15, 0.2) is 30.5 Å². The molecule has 0 saturated carbocycles. The molecule has 0 bridgehead atoms. The molecule has 1 aromatic carbocycles. The predicted octanol–water partition coefficient (Wildman–Crippen LogP) is 4.62. The zero-order valence-electron chi connectivity index (χ0n) is 22.2. The average molecular weight is 514 g/mol. The normalized spacial score (nSPS) is 15.5. The van der Waals surface area contributed by atoms with Gasteiger partial charge in [0.2, 0.25) is 0 Å². The number of anilines is 2. The Morgan fingerprint density at radius 1 is 1.27 bits per heavy atom. The van der Waals surface area contributed by atoms with Gasteiger partial charge in [-0.15, -0.1) is 0 Å². The van der Waals surface area contributed by atoms with Gasteiger partial charge in [0.15, 0.2) is 0 Å². The summed E-state index contributed by atoms with van der Waals surface area (Å²) in [6.45, 7) is 9.00. The minimum absolute atomic E-state index is 0. The van der Waals surface area contributed by atoms with E-state index in [1.807, 2.05) is 49.9 Å². The number of methoxy groups -OCH3 is 1. The standard InChI is InChI=1S/C27H37N5O5.H2/c1-6-36-25(33)22-16-30-24(29-15-18-9-11-20(35-5)12-10-18)21(14-28)23(22)32-13-7-8-19(17-32)31-26(34)37-27(2,3)4;/h9-12,14,16,19,28H,6-8,13,15,17H2,1-5H3,(H,29,30)(H,31,34);1H/t19-;/m0./s1. The van der Waals surface area contributed by atoms with E-state index in [9.17, 15) is 9.59 Å². The number of rotatable bonds is 9. The summed E-state index contributed by atoms with van der Waals surface area (Å²) in [7, 11) is 1.62. The Morgan fingerprint density at radius 2 is 2.00 bits per heavy atom. The number of carbonyl (C=O) groups is 2. The number of piperidine rings is 1. The Kier molecular flexibility index (Phi) is 9.32. The second kappa shape index (κ2) is 12.4. The molecule has 1 saturated heterocycles. The van der Waals surface area contributed by atoms with Crippen LogP contribution in [0.25, 0.3) is 0 Å². The maximum absolute atomic E-state index is 12.9. The van der Waals surface area contributed by atoms with Crippen LogP contribution in [0.1, 0.15) is 63.4 Å². The Balaban J connectivity index is 0.00000507. The Labute approximate surface area is 219 Å². The highest BCUT2D eigenvalue weighted by Crippen LogP contribution is 2.32. The van der Waals surface area contributed by atoms with Gasteiger partial charge in [0, 0.05) is 39.5 Å². The maximum Gasteiger partial charge on any atom is 0.407 e. The van der Waals surface area contributed by atoms with Gasteiger partial charge in [-0.2, -0.15) is 0 Å². The highest BCUT2D eigenvalue weighted by molar-refractivity contribution is 6.03. The molecule has 10 heteroatoms. The molecule has 1 atom stereocenters. The van der Waals surface area contributed by atoms with Gasteiger partial charge in [-0.3, -0.25) is 0 Å². The summed E-state index contributed by atoms with van der Waals surface area (Å²) in [6, 6.07) is 7.47. The SMILES string of the molecule is CCOC(=O)c1cnc(NCc2ccc(OC)cc2)c(C=N)c1N1CCC[C@H](NC(=O)OC(C)(C)C)C1.[HH]. The number of nitrogens with one attached hydrogen (secondary N) is 3. The lowest BCUT2D eigenvalue weighted by Gasteiger charge is -2.36. The third-order valence-electron chi connectivity index (χ3n) is 5.81. The lowest BCUT2D eigenvalue weighted by Crippen LogP contribution is -2.49. The van der Waals surface area contributed by atoms with Crippen molar-refractivity contribution in [3.63, 3.8) is 0 Å². The molecule has 2 aromatic rings. The van der Waals surface area contributed by atoms with Crippen molar-refractivity contribution in [1.29, 1.82) is 5.41 Å². The minimum Gasteiger partial charge on any atom is -0.497 e. The minimum atomic E-state index is -0.599. The van der Waals surface area contributed by atoms with Crippen molar-refractivity contribution in [2.45, 2.75) is 58.7 Å². The fourth-order valence-electron chi connectivity index (χ4n) is 4.19. The van der Waals surface area contributed by atoms with Crippen LogP contribution in [0.2, 0.25) is 0 Å². The highest BCUT2D eigenvalue weighted by atomic mass is 16.6. The molecule has 3 N–H and O–H groups in total. The van der Waals surface area contributed by atoms with E-state index in [1.165, 1.54) is 12.4 Å². The molecule has 0 unspecified atom stereocenters. The van der Waals surface area contributed by atoms with Crippen LogP contribution < -0.4 is 20.3 Å². The molecule has 3 rings (SSSR count). The average Bonchev–Trinajstić information content (AvgIpc) is 2.86. The van der Waals surface area contributed by atoms with Gasteiger partial charge in [0.25, 0.3) is 0 Å².